The van der Waals surface area contributed by atoms with E-state index < -0.39 is 0 Å². The van der Waals surface area contributed by atoms with Crippen molar-refractivity contribution in [2.24, 2.45) is 0 Å². The lowest BCUT2D eigenvalue weighted by Gasteiger charge is -2.27. The molecule has 3 nitrogen and oxygen atoms in total. The van der Waals surface area contributed by atoms with E-state index in [1.807, 2.05) is 6.92 Å². The Morgan fingerprint density at radius 3 is 2.74 bits per heavy atom. The van der Waals surface area contributed by atoms with Crippen LogP contribution in [0.3, 0.4) is 0 Å². The fourth-order valence-corrected chi connectivity index (χ4v) is 2.91. The first kappa shape index (κ1) is 14.8. The second-order valence-electron chi connectivity index (χ2n) is 4.82. The van der Waals surface area contributed by atoms with Crippen LogP contribution in [0.4, 0.5) is 4.39 Å². The van der Waals surface area contributed by atoms with Gasteiger partial charge >= 0.3 is 0 Å². The van der Waals surface area contributed by atoms with Crippen LogP contribution in [0.5, 0.6) is 5.75 Å². The monoisotopic (exact) mass is 330 g/mol. The Bertz CT molecular complexity index is 448. The predicted molar refractivity (Wildman–Crippen MR) is 78.4 cm³/mol. The first-order valence-corrected chi connectivity index (χ1v) is 7.37. The molecule has 1 aromatic carbocycles. The van der Waals surface area contributed by atoms with E-state index in [2.05, 4.69) is 26.1 Å². The maximum absolute atomic E-state index is 13.9. The Labute approximate surface area is 122 Å². The number of benzene rings is 1. The van der Waals surface area contributed by atoms with Crippen molar-refractivity contribution in [2.75, 3.05) is 39.8 Å². The minimum atomic E-state index is -0.296. The molecule has 1 aliphatic heterocycles. The average Bonchev–Trinajstić information content (AvgIpc) is 2.42. The third-order valence-electron chi connectivity index (χ3n) is 3.65. The van der Waals surface area contributed by atoms with Crippen LogP contribution in [-0.2, 0) is 6.42 Å². The molecule has 1 N–H and O–H groups in total. The summed E-state index contributed by atoms with van der Waals surface area (Å²) in [4.78, 5) is 2.40. The zero-order valence-corrected chi connectivity index (χ0v) is 13.0. The molecule has 19 heavy (non-hydrogen) atoms. The summed E-state index contributed by atoms with van der Waals surface area (Å²) in [6.45, 7) is 7.11. The minimum Gasteiger partial charge on any atom is -0.493 e. The van der Waals surface area contributed by atoms with Gasteiger partial charge in [-0.15, -0.1) is 0 Å². The number of rotatable bonds is 4. The molecular formula is C14H20BrFN2O. The molecule has 0 amide bonds. The summed E-state index contributed by atoms with van der Waals surface area (Å²) < 4.78 is 19.9. The minimum absolute atomic E-state index is 0.296. The van der Waals surface area contributed by atoms with Crippen LogP contribution in [0.1, 0.15) is 11.1 Å². The van der Waals surface area contributed by atoms with Gasteiger partial charge in [0.15, 0.2) is 11.6 Å². The molecule has 0 radical (unpaired) electrons. The molecule has 2 rings (SSSR count). The zero-order chi connectivity index (χ0) is 13.8. The number of nitrogens with zero attached hydrogens (tertiary/aromatic N) is 1. The van der Waals surface area contributed by atoms with E-state index in [1.54, 1.807) is 0 Å². The number of methoxy groups -OCH3 is 1. The van der Waals surface area contributed by atoms with E-state index in [0.29, 0.717) is 5.75 Å². The molecule has 0 spiro atoms. The Morgan fingerprint density at radius 1 is 1.42 bits per heavy atom. The Hall–Kier alpha value is -0.650. The summed E-state index contributed by atoms with van der Waals surface area (Å²) in [6, 6.07) is 1.47. The highest BCUT2D eigenvalue weighted by Crippen LogP contribution is 2.32. The van der Waals surface area contributed by atoms with E-state index in [1.165, 1.54) is 13.2 Å². The molecular weight excluding hydrogens is 311 g/mol. The number of nitrogens with one attached hydrogen (secondary N) is 1. The predicted octanol–water partition coefficient (Wildman–Crippen LogP) is 2.35. The second-order valence-corrected chi connectivity index (χ2v) is 5.67. The van der Waals surface area contributed by atoms with Gasteiger partial charge in [-0.05, 0) is 25.0 Å². The molecule has 0 saturated carbocycles. The molecule has 1 heterocycles. The normalized spacial score (nSPS) is 16.6. The van der Waals surface area contributed by atoms with Gasteiger partial charge in [0.1, 0.15) is 0 Å². The summed E-state index contributed by atoms with van der Waals surface area (Å²) in [5.41, 5.74) is 2.03. The summed E-state index contributed by atoms with van der Waals surface area (Å²) >= 11 is 3.41. The van der Waals surface area contributed by atoms with Crippen LogP contribution in [-0.4, -0.2) is 44.7 Å². The first-order chi connectivity index (χ1) is 9.13. The van der Waals surface area contributed by atoms with Gasteiger partial charge in [0.2, 0.25) is 0 Å². The van der Waals surface area contributed by atoms with Gasteiger partial charge < -0.3 is 15.0 Å². The van der Waals surface area contributed by atoms with Gasteiger partial charge in [-0.3, -0.25) is 0 Å². The molecule has 0 unspecified atom stereocenters. The SMILES string of the molecule is COc1c(F)cc(Br)c(C)c1CCN1CCNCC1. The van der Waals surface area contributed by atoms with Crippen molar-refractivity contribution in [1.82, 2.24) is 10.2 Å². The number of piperazine rings is 1. The third kappa shape index (κ3) is 3.46. The average molecular weight is 331 g/mol. The molecule has 0 aromatic heterocycles. The van der Waals surface area contributed by atoms with Crippen LogP contribution in [0.25, 0.3) is 0 Å². The summed E-state index contributed by atoms with van der Waals surface area (Å²) in [5.74, 6) is 0.0890. The summed E-state index contributed by atoms with van der Waals surface area (Å²) in [7, 11) is 1.53. The molecule has 1 aliphatic rings. The fraction of sp³-hybridized carbons (Fsp3) is 0.571. The topological polar surface area (TPSA) is 24.5 Å². The van der Waals surface area contributed by atoms with Crippen LogP contribution in [0, 0.1) is 12.7 Å². The quantitative estimate of drug-likeness (QED) is 0.917. The Kier molecular flexibility index (Phi) is 5.19. The zero-order valence-electron chi connectivity index (χ0n) is 11.4. The Balaban J connectivity index is 2.13. The summed E-state index contributed by atoms with van der Waals surface area (Å²) in [5, 5.41) is 3.33. The van der Waals surface area contributed by atoms with Crippen molar-refractivity contribution in [3.63, 3.8) is 0 Å². The summed E-state index contributed by atoms with van der Waals surface area (Å²) in [6.07, 6.45) is 0.811. The van der Waals surface area contributed by atoms with Crippen molar-refractivity contribution in [3.05, 3.63) is 27.5 Å². The maximum atomic E-state index is 13.9. The Morgan fingerprint density at radius 2 is 2.11 bits per heavy atom. The molecule has 0 aliphatic carbocycles. The molecule has 106 valence electrons. The molecule has 0 atom stereocenters. The number of ether oxygens (including phenoxy) is 1. The van der Waals surface area contributed by atoms with Crippen LogP contribution < -0.4 is 10.1 Å². The van der Waals surface area contributed by atoms with Crippen LogP contribution in [0.2, 0.25) is 0 Å². The fourth-order valence-electron chi connectivity index (χ4n) is 2.47. The van der Waals surface area contributed by atoms with Crippen molar-refractivity contribution in [3.8, 4) is 5.75 Å². The lowest BCUT2D eigenvalue weighted by atomic mass is 10.0. The van der Waals surface area contributed by atoms with E-state index in [4.69, 9.17) is 4.74 Å². The van der Waals surface area contributed by atoms with Crippen molar-refractivity contribution in [2.45, 2.75) is 13.3 Å². The molecule has 1 saturated heterocycles. The largest absolute Gasteiger partial charge is 0.493 e. The number of hydrogen-bond acceptors (Lipinski definition) is 3. The standard InChI is InChI=1S/C14H20BrFN2O/c1-10-11(3-6-18-7-4-17-5-8-18)14(19-2)13(16)9-12(10)15/h9,17H,3-8H2,1-2H3. The van der Waals surface area contributed by atoms with Gasteiger partial charge in [0.05, 0.1) is 7.11 Å². The number of hydrogen-bond donors (Lipinski definition) is 1. The van der Waals surface area contributed by atoms with Crippen molar-refractivity contribution in [1.29, 1.82) is 0 Å². The van der Waals surface area contributed by atoms with Gasteiger partial charge in [-0.25, -0.2) is 4.39 Å². The first-order valence-electron chi connectivity index (χ1n) is 6.58. The lowest BCUT2D eigenvalue weighted by molar-refractivity contribution is 0.242. The van der Waals surface area contributed by atoms with Crippen LogP contribution in [0.15, 0.2) is 10.5 Å². The second kappa shape index (κ2) is 6.68. The van der Waals surface area contributed by atoms with E-state index in [0.717, 1.165) is 54.7 Å². The van der Waals surface area contributed by atoms with Gasteiger partial charge in [-0.1, -0.05) is 15.9 Å². The highest BCUT2D eigenvalue weighted by molar-refractivity contribution is 9.10. The number of halogens is 2. The third-order valence-corrected chi connectivity index (χ3v) is 4.47. The highest BCUT2D eigenvalue weighted by Gasteiger charge is 2.17. The smallest absolute Gasteiger partial charge is 0.166 e. The molecule has 0 bridgehead atoms. The lowest BCUT2D eigenvalue weighted by Crippen LogP contribution is -2.44. The van der Waals surface area contributed by atoms with Crippen molar-refractivity contribution >= 4 is 15.9 Å². The van der Waals surface area contributed by atoms with E-state index >= 15 is 0 Å². The maximum Gasteiger partial charge on any atom is 0.166 e. The van der Waals surface area contributed by atoms with Crippen molar-refractivity contribution < 1.29 is 9.13 Å². The highest BCUT2D eigenvalue weighted by atomic mass is 79.9. The van der Waals surface area contributed by atoms with Gasteiger partial charge in [-0.2, -0.15) is 0 Å². The van der Waals surface area contributed by atoms with E-state index in [-0.39, 0.29) is 5.82 Å². The van der Waals surface area contributed by atoms with Crippen LogP contribution >= 0.6 is 15.9 Å². The van der Waals surface area contributed by atoms with Gasteiger partial charge in [0.25, 0.3) is 0 Å². The molecule has 1 fully saturated rings. The molecule has 5 heteroatoms. The van der Waals surface area contributed by atoms with Gasteiger partial charge in [0, 0.05) is 42.8 Å². The molecule has 1 aromatic rings. The van der Waals surface area contributed by atoms with E-state index in [9.17, 15) is 4.39 Å².